The third-order valence-corrected chi connectivity index (χ3v) is 7.98. The van der Waals surface area contributed by atoms with Crippen molar-refractivity contribution in [3.63, 3.8) is 0 Å². The van der Waals surface area contributed by atoms with E-state index >= 15 is 0 Å². The van der Waals surface area contributed by atoms with E-state index in [0.29, 0.717) is 43.6 Å². The fourth-order valence-electron chi connectivity index (χ4n) is 5.12. The molecule has 44 heavy (non-hydrogen) atoms. The molecule has 7 nitrogen and oxygen atoms in total. The van der Waals surface area contributed by atoms with E-state index in [1.165, 1.54) is 0 Å². The normalized spacial score (nSPS) is 17.7. The summed E-state index contributed by atoms with van der Waals surface area (Å²) in [5, 5.41) is 9.07. The number of amides is 1. The van der Waals surface area contributed by atoms with E-state index in [0.717, 1.165) is 32.3 Å². The van der Waals surface area contributed by atoms with Crippen LogP contribution in [-0.2, 0) is 16.0 Å². The molecule has 0 saturated carbocycles. The molecule has 4 aromatic carbocycles. The van der Waals surface area contributed by atoms with Crippen molar-refractivity contribution in [1.29, 1.82) is 0 Å². The summed E-state index contributed by atoms with van der Waals surface area (Å²) >= 11 is 3.52. The third kappa shape index (κ3) is 7.56. The molecule has 228 valence electrons. The molecule has 0 aromatic heterocycles. The molecule has 0 spiro atoms. The second kappa shape index (κ2) is 14.7. The van der Waals surface area contributed by atoms with Gasteiger partial charge in [0.1, 0.15) is 5.75 Å². The number of carbonyl (C=O) groups excluding carboxylic acids is 1. The Kier molecular flexibility index (Phi) is 10.5. The van der Waals surface area contributed by atoms with Crippen molar-refractivity contribution in [2.24, 2.45) is 10.9 Å². The van der Waals surface area contributed by atoms with E-state index in [4.69, 9.17) is 19.6 Å². The molecule has 0 unspecified atom stereocenters. The van der Waals surface area contributed by atoms with E-state index in [9.17, 15) is 4.79 Å². The maximum Gasteiger partial charge on any atom is 0.266 e. The Balaban J connectivity index is 1.55. The molecule has 3 N–H and O–H groups in total. The molecule has 0 radical (unpaired) electrons. The summed E-state index contributed by atoms with van der Waals surface area (Å²) in [7, 11) is 0. The summed E-state index contributed by atoms with van der Waals surface area (Å²) in [6.45, 7) is 5.28. The molecular formula is C36H38BrN3O4. The first-order valence-corrected chi connectivity index (χ1v) is 15.7. The van der Waals surface area contributed by atoms with Gasteiger partial charge in [-0.25, -0.2) is 10.4 Å². The van der Waals surface area contributed by atoms with Crippen LogP contribution < -0.4 is 15.6 Å². The molecule has 0 aliphatic carbocycles. The van der Waals surface area contributed by atoms with Gasteiger partial charge in [0.2, 0.25) is 5.90 Å². The average molecular weight is 657 g/mol. The Morgan fingerprint density at radius 3 is 2.25 bits per heavy atom. The number of aliphatic imine (C=N–C) groups is 1. The molecule has 0 bridgehead atoms. The van der Waals surface area contributed by atoms with E-state index in [-0.39, 0.29) is 12.5 Å². The number of hydrogen-bond donors (Lipinski definition) is 3. The predicted octanol–water partition coefficient (Wildman–Crippen LogP) is 6.65. The Morgan fingerprint density at radius 1 is 0.932 bits per heavy atom. The molecule has 0 fully saturated rings. The van der Waals surface area contributed by atoms with Gasteiger partial charge in [-0.1, -0.05) is 96.5 Å². The maximum atomic E-state index is 14.3. The zero-order valence-electron chi connectivity index (χ0n) is 25.0. The van der Waals surface area contributed by atoms with Crippen molar-refractivity contribution in [1.82, 2.24) is 10.9 Å². The van der Waals surface area contributed by atoms with Gasteiger partial charge in [0, 0.05) is 36.0 Å². The fourth-order valence-corrected chi connectivity index (χ4v) is 5.38. The van der Waals surface area contributed by atoms with E-state index in [2.05, 4.69) is 64.9 Å². The number of benzene rings is 4. The minimum atomic E-state index is -1.29. The molecule has 2 atom stereocenters. The number of hydrogen-bond acceptors (Lipinski definition) is 6. The van der Waals surface area contributed by atoms with Gasteiger partial charge in [0.15, 0.2) is 11.6 Å². The molecule has 0 saturated heterocycles. The van der Waals surface area contributed by atoms with Crippen molar-refractivity contribution in [2.45, 2.75) is 38.3 Å². The predicted molar refractivity (Wildman–Crippen MR) is 177 cm³/mol. The summed E-state index contributed by atoms with van der Waals surface area (Å²) in [5.74, 6) is 1.15. The third-order valence-electron chi connectivity index (χ3n) is 7.45. The van der Waals surface area contributed by atoms with Gasteiger partial charge >= 0.3 is 0 Å². The average Bonchev–Trinajstić information content (AvgIpc) is 3.43. The van der Waals surface area contributed by atoms with Gasteiger partial charge in [-0.05, 0) is 64.6 Å². The topological polar surface area (TPSA) is 92.2 Å². The zero-order valence-corrected chi connectivity index (χ0v) is 26.6. The van der Waals surface area contributed by atoms with Crippen LogP contribution in [0.5, 0.6) is 5.75 Å². The second-order valence-corrected chi connectivity index (χ2v) is 12.2. The first-order chi connectivity index (χ1) is 21.4. The fraction of sp³-hybridized carbons (Fsp3) is 0.278. The molecular weight excluding hydrogens is 618 g/mol. The maximum absolute atomic E-state index is 14.3. The van der Waals surface area contributed by atoms with E-state index in [1.54, 1.807) is 0 Å². The van der Waals surface area contributed by atoms with Crippen molar-refractivity contribution in [3.8, 4) is 16.9 Å². The number of rotatable bonds is 13. The largest absolute Gasteiger partial charge is 0.494 e. The van der Waals surface area contributed by atoms with Crippen molar-refractivity contribution >= 4 is 27.7 Å². The highest BCUT2D eigenvalue weighted by Crippen LogP contribution is 2.43. The minimum absolute atomic E-state index is 0.0744. The second-order valence-electron chi connectivity index (χ2n) is 11.3. The van der Waals surface area contributed by atoms with Crippen LogP contribution in [0.3, 0.4) is 0 Å². The molecule has 1 amide bonds. The summed E-state index contributed by atoms with van der Waals surface area (Å²) < 4.78 is 13.3. The molecule has 5 rings (SSSR count). The Labute approximate surface area is 267 Å². The van der Waals surface area contributed by atoms with Crippen molar-refractivity contribution in [3.05, 3.63) is 124 Å². The number of aliphatic hydroxyl groups excluding tert-OH is 1. The van der Waals surface area contributed by atoms with Gasteiger partial charge in [0.25, 0.3) is 5.91 Å². The van der Waals surface area contributed by atoms with Crippen molar-refractivity contribution in [2.75, 3.05) is 19.8 Å². The smallest absolute Gasteiger partial charge is 0.266 e. The lowest BCUT2D eigenvalue weighted by Gasteiger charge is -2.31. The molecule has 8 heteroatoms. The van der Waals surface area contributed by atoms with Gasteiger partial charge in [0.05, 0.1) is 6.61 Å². The molecule has 1 aliphatic heterocycles. The number of nitrogens with one attached hydrogen (secondary N) is 2. The van der Waals surface area contributed by atoms with Crippen LogP contribution in [0.1, 0.15) is 43.1 Å². The zero-order chi connectivity index (χ0) is 30.9. The number of aliphatic hydroxyl groups is 1. The number of nitrogens with zero attached hydrogens (tertiary/aromatic N) is 1. The number of ether oxygens (including phenoxy) is 2. The van der Waals surface area contributed by atoms with Gasteiger partial charge in [-0.2, -0.15) is 0 Å². The molecule has 1 aliphatic rings. The number of carbonyl (C=O) groups is 1. The van der Waals surface area contributed by atoms with Crippen molar-refractivity contribution < 1.29 is 19.4 Å². The van der Waals surface area contributed by atoms with Crippen LogP contribution in [0, 0.1) is 5.92 Å². The first-order valence-electron chi connectivity index (χ1n) is 14.9. The van der Waals surface area contributed by atoms with Crippen LogP contribution >= 0.6 is 15.9 Å². The van der Waals surface area contributed by atoms with Crippen LogP contribution in [0.2, 0.25) is 0 Å². The molecule has 1 heterocycles. The summed E-state index contributed by atoms with van der Waals surface area (Å²) in [4.78, 5) is 19.4. The lowest BCUT2D eigenvalue weighted by Crippen LogP contribution is -2.54. The highest BCUT2D eigenvalue weighted by Gasteiger charge is 2.53. The van der Waals surface area contributed by atoms with Gasteiger partial charge < -0.3 is 14.6 Å². The van der Waals surface area contributed by atoms with Gasteiger partial charge in [-0.15, -0.1) is 0 Å². The summed E-state index contributed by atoms with van der Waals surface area (Å²) in [6.07, 6.45) is 0.195. The number of hydrazine groups is 1. The first kappa shape index (κ1) is 31.4. The lowest BCUT2D eigenvalue weighted by atomic mass is 9.82. The summed E-state index contributed by atoms with van der Waals surface area (Å²) in [6, 6.07) is 33.8. The number of halogens is 1. The standard InChI is InChI=1S/C36H38BrN3O4/c1-25(2)24-38-40-35(42)36(23-26-9-17-31(37)18-10-26)33(29-13-11-28(12-14-29)27-7-4-3-5-8-27)44-34(39-36)30-15-19-32(20-16-30)43-22-6-21-41/h3-5,7-20,25,33,38,41H,6,21-24H2,1-2H3,(H,40,42)/t33-,36-/m0/s1. The minimum Gasteiger partial charge on any atom is -0.494 e. The van der Waals surface area contributed by atoms with Gasteiger partial charge in [-0.3, -0.25) is 10.2 Å². The van der Waals surface area contributed by atoms with Crippen LogP contribution in [-0.4, -0.2) is 42.2 Å². The quantitative estimate of drug-likeness (QED) is 0.111. The Morgan fingerprint density at radius 2 is 1.59 bits per heavy atom. The monoisotopic (exact) mass is 655 g/mol. The van der Waals surface area contributed by atoms with Crippen LogP contribution in [0.15, 0.2) is 113 Å². The van der Waals surface area contributed by atoms with Crippen LogP contribution in [0.4, 0.5) is 0 Å². The SMILES string of the molecule is CC(C)CNNC(=O)[C@@]1(Cc2ccc(Br)cc2)N=C(c2ccc(OCCCO)cc2)O[C@H]1c1ccc(-c2ccccc2)cc1. The Hall–Kier alpha value is -3.98. The summed E-state index contributed by atoms with van der Waals surface area (Å²) in [5.41, 5.74) is 9.50. The highest BCUT2D eigenvalue weighted by atomic mass is 79.9. The van der Waals surface area contributed by atoms with E-state index < -0.39 is 11.6 Å². The van der Waals surface area contributed by atoms with Crippen LogP contribution in [0.25, 0.3) is 11.1 Å². The highest BCUT2D eigenvalue weighted by molar-refractivity contribution is 9.10. The molecule has 4 aromatic rings. The van der Waals surface area contributed by atoms with E-state index in [1.807, 2.05) is 78.9 Å². The Bertz CT molecular complexity index is 1540. The lowest BCUT2D eigenvalue weighted by molar-refractivity contribution is -0.130.